The Morgan fingerprint density at radius 1 is 1.61 bits per heavy atom. The van der Waals surface area contributed by atoms with Crippen LogP contribution in [0.5, 0.6) is 6.01 Å². The Bertz CT molecular complexity index is 535. The van der Waals surface area contributed by atoms with Crippen LogP contribution in [0.3, 0.4) is 0 Å². The summed E-state index contributed by atoms with van der Waals surface area (Å²) in [7, 11) is -1.51. The molecule has 18 heavy (non-hydrogen) atoms. The van der Waals surface area contributed by atoms with Crippen molar-refractivity contribution in [2.45, 2.75) is 18.1 Å². The van der Waals surface area contributed by atoms with Gasteiger partial charge in [-0.1, -0.05) is 11.6 Å². The zero-order valence-electron chi connectivity index (χ0n) is 9.89. The number of hydrogen-bond acceptors (Lipinski definition) is 6. The molecule has 0 bridgehead atoms. The minimum Gasteiger partial charge on any atom is -0.467 e. The normalized spacial score (nSPS) is 21.8. The van der Waals surface area contributed by atoms with E-state index >= 15 is 0 Å². The van der Waals surface area contributed by atoms with Gasteiger partial charge in [-0.25, -0.2) is 13.4 Å². The molecule has 8 heteroatoms. The summed E-state index contributed by atoms with van der Waals surface area (Å²) in [5.74, 6) is 0.658. The second kappa shape index (κ2) is 5.27. The SMILES string of the molecule is COc1ncc(Cl)c(NCC2CCCS2(=O)=O)n1. The lowest BCUT2D eigenvalue weighted by atomic mass is 10.2. The highest BCUT2D eigenvalue weighted by Gasteiger charge is 2.31. The summed E-state index contributed by atoms with van der Waals surface area (Å²) in [6.45, 7) is 0.308. The minimum atomic E-state index is -2.97. The molecule has 100 valence electrons. The highest BCUT2D eigenvalue weighted by atomic mass is 35.5. The predicted molar refractivity (Wildman–Crippen MR) is 68.9 cm³/mol. The van der Waals surface area contributed by atoms with Crippen molar-refractivity contribution in [2.75, 3.05) is 24.7 Å². The Balaban J connectivity index is 2.06. The molecule has 1 atom stereocenters. The van der Waals surface area contributed by atoms with Crippen LogP contribution < -0.4 is 10.1 Å². The predicted octanol–water partition coefficient (Wildman–Crippen LogP) is 1.13. The third-order valence-corrected chi connectivity index (χ3v) is 5.42. The summed E-state index contributed by atoms with van der Waals surface area (Å²) in [6, 6.07) is 0.191. The van der Waals surface area contributed by atoms with E-state index in [9.17, 15) is 8.42 Å². The molecule has 1 saturated heterocycles. The van der Waals surface area contributed by atoms with Gasteiger partial charge in [0.05, 0.1) is 24.3 Å². The van der Waals surface area contributed by atoms with Crippen LogP contribution >= 0.6 is 11.6 Å². The molecule has 2 heterocycles. The van der Waals surface area contributed by atoms with Crippen LogP contribution in [0.2, 0.25) is 5.02 Å². The summed E-state index contributed by atoms with van der Waals surface area (Å²) in [5.41, 5.74) is 0. The van der Waals surface area contributed by atoms with Crippen LogP contribution in [0.4, 0.5) is 5.82 Å². The van der Waals surface area contributed by atoms with Gasteiger partial charge in [-0.3, -0.25) is 0 Å². The summed E-state index contributed by atoms with van der Waals surface area (Å²) in [5, 5.41) is 2.92. The quantitative estimate of drug-likeness (QED) is 0.895. The van der Waals surface area contributed by atoms with Crippen molar-refractivity contribution in [3.8, 4) is 6.01 Å². The van der Waals surface area contributed by atoms with Crippen LogP contribution in [0, 0.1) is 0 Å². The van der Waals surface area contributed by atoms with Crippen molar-refractivity contribution < 1.29 is 13.2 Å². The van der Waals surface area contributed by atoms with Crippen molar-refractivity contribution in [2.24, 2.45) is 0 Å². The summed E-state index contributed by atoms with van der Waals surface area (Å²) in [6.07, 6.45) is 2.81. The second-order valence-corrected chi connectivity index (χ2v) is 6.87. The zero-order valence-corrected chi connectivity index (χ0v) is 11.5. The van der Waals surface area contributed by atoms with Crippen LogP contribution in [0.15, 0.2) is 6.20 Å². The first-order chi connectivity index (χ1) is 8.53. The van der Waals surface area contributed by atoms with E-state index in [1.165, 1.54) is 13.3 Å². The Kier molecular flexibility index (Phi) is 3.91. The number of hydrogen-bond donors (Lipinski definition) is 1. The number of sulfone groups is 1. The monoisotopic (exact) mass is 291 g/mol. The number of nitrogens with zero attached hydrogens (tertiary/aromatic N) is 2. The second-order valence-electron chi connectivity index (χ2n) is 4.07. The largest absolute Gasteiger partial charge is 0.467 e. The summed E-state index contributed by atoms with van der Waals surface area (Å²) >= 11 is 5.92. The molecule has 2 rings (SSSR count). The lowest BCUT2D eigenvalue weighted by molar-refractivity contribution is 0.380. The van der Waals surface area contributed by atoms with Gasteiger partial charge in [0.15, 0.2) is 15.7 Å². The number of anilines is 1. The number of ether oxygens (including phenoxy) is 1. The van der Waals surface area contributed by atoms with E-state index in [0.29, 0.717) is 23.8 Å². The standard InChI is InChI=1S/C10H14ClN3O3S/c1-17-10-13-6-8(11)9(14-10)12-5-7-3-2-4-18(7,15)16/h6-7H,2-5H2,1H3,(H,12,13,14). The molecular formula is C10H14ClN3O3S. The summed E-state index contributed by atoms with van der Waals surface area (Å²) < 4.78 is 28.2. The fourth-order valence-corrected chi connectivity index (χ4v) is 3.79. The molecule has 0 aliphatic carbocycles. The fourth-order valence-electron chi connectivity index (χ4n) is 1.87. The summed E-state index contributed by atoms with van der Waals surface area (Å²) in [4.78, 5) is 7.87. The lowest BCUT2D eigenvalue weighted by Crippen LogP contribution is -2.25. The Labute approximate surface area is 111 Å². The van der Waals surface area contributed by atoms with Gasteiger partial charge in [0, 0.05) is 6.54 Å². The van der Waals surface area contributed by atoms with Gasteiger partial charge < -0.3 is 10.1 Å². The van der Waals surface area contributed by atoms with Gasteiger partial charge in [0.2, 0.25) is 0 Å². The van der Waals surface area contributed by atoms with Gasteiger partial charge in [-0.15, -0.1) is 0 Å². The molecule has 1 unspecified atom stereocenters. The topological polar surface area (TPSA) is 81.2 Å². The molecule has 1 N–H and O–H groups in total. The van der Waals surface area contributed by atoms with Crippen molar-refractivity contribution in [1.82, 2.24) is 9.97 Å². The smallest absolute Gasteiger partial charge is 0.318 e. The van der Waals surface area contributed by atoms with Crippen LogP contribution in [-0.2, 0) is 9.84 Å². The molecule has 1 aromatic rings. The average Bonchev–Trinajstić information content (AvgIpc) is 2.67. The third-order valence-electron chi connectivity index (χ3n) is 2.86. The van der Waals surface area contributed by atoms with Gasteiger partial charge >= 0.3 is 6.01 Å². The molecule has 1 aliphatic heterocycles. The van der Waals surface area contributed by atoms with E-state index in [1.807, 2.05) is 0 Å². The van der Waals surface area contributed by atoms with Gasteiger partial charge in [0.1, 0.15) is 5.02 Å². The molecule has 1 aromatic heterocycles. The maximum atomic E-state index is 11.7. The lowest BCUT2D eigenvalue weighted by Gasteiger charge is -2.12. The van der Waals surface area contributed by atoms with E-state index in [0.717, 1.165) is 6.42 Å². The zero-order chi connectivity index (χ0) is 13.2. The maximum absolute atomic E-state index is 11.7. The fraction of sp³-hybridized carbons (Fsp3) is 0.600. The first-order valence-corrected chi connectivity index (χ1v) is 7.64. The van der Waals surface area contributed by atoms with Crippen molar-refractivity contribution in [1.29, 1.82) is 0 Å². The molecule has 1 aliphatic rings. The van der Waals surface area contributed by atoms with Crippen molar-refractivity contribution >= 4 is 27.3 Å². The number of methoxy groups -OCH3 is 1. The molecule has 0 amide bonds. The van der Waals surface area contributed by atoms with Gasteiger partial charge in [-0.2, -0.15) is 4.98 Å². The first kappa shape index (κ1) is 13.4. The number of rotatable bonds is 4. The van der Waals surface area contributed by atoms with E-state index < -0.39 is 9.84 Å². The van der Waals surface area contributed by atoms with Gasteiger partial charge in [0.25, 0.3) is 0 Å². The van der Waals surface area contributed by atoms with E-state index in [2.05, 4.69) is 15.3 Å². The van der Waals surface area contributed by atoms with Crippen molar-refractivity contribution in [3.63, 3.8) is 0 Å². The Hall–Kier alpha value is -1.08. The van der Waals surface area contributed by atoms with Crippen LogP contribution in [0.1, 0.15) is 12.8 Å². The molecule has 0 spiro atoms. The average molecular weight is 292 g/mol. The molecule has 0 saturated carbocycles. The van der Waals surface area contributed by atoms with Crippen molar-refractivity contribution in [3.05, 3.63) is 11.2 Å². The van der Waals surface area contributed by atoms with E-state index in [-0.39, 0.29) is 17.0 Å². The molecule has 6 nitrogen and oxygen atoms in total. The molecular weight excluding hydrogens is 278 g/mol. The molecule has 1 fully saturated rings. The van der Waals surface area contributed by atoms with Crippen LogP contribution in [0.25, 0.3) is 0 Å². The third kappa shape index (κ3) is 2.84. The first-order valence-electron chi connectivity index (χ1n) is 5.55. The highest BCUT2D eigenvalue weighted by Crippen LogP contribution is 2.23. The number of halogens is 1. The van der Waals surface area contributed by atoms with E-state index in [4.69, 9.17) is 16.3 Å². The number of aromatic nitrogens is 2. The maximum Gasteiger partial charge on any atom is 0.318 e. The highest BCUT2D eigenvalue weighted by molar-refractivity contribution is 7.92. The molecule has 0 aromatic carbocycles. The van der Waals surface area contributed by atoms with Gasteiger partial charge in [-0.05, 0) is 12.8 Å². The van der Waals surface area contributed by atoms with Crippen LogP contribution in [-0.4, -0.2) is 43.0 Å². The minimum absolute atomic E-state index is 0.191. The molecule has 0 radical (unpaired) electrons. The van der Waals surface area contributed by atoms with E-state index in [1.54, 1.807) is 0 Å². The number of nitrogens with one attached hydrogen (secondary N) is 1. The Morgan fingerprint density at radius 3 is 3.00 bits per heavy atom. The Morgan fingerprint density at radius 2 is 2.39 bits per heavy atom.